The van der Waals surface area contributed by atoms with E-state index in [-0.39, 0.29) is 31.9 Å². The molecule has 21 heavy (non-hydrogen) atoms. The van der Waals surface area contributed by atoms with Crippen LogP contribution in [0.4, 0.5) is 17.6 Å². The van der Waals surface area contributed by atoms with Crippen LogP contribution in [-0.2, 0) is 4.79 Å². The average molecular weight is 309 g/mol. The molecule has 1 atom stereocenters. The Labute approximate surface area is 118 Å². The Bertz CT molecular complexity index is 512. The lowest BCUT2D eigenvalue weighted by Crippen LogP contribution is -2.47. The molecule has 0 aliphatic rings. The van der Waals surface area contributed by atoms with E-state index in [9.17, 15) is 22.4 Å². The molecular weight excluding hydrogens is 294 g/mol. The summed E-state index contributed by atoms with van der Waals surface area (Å²) in [6.45, 7) is 1.25. The fraction of sp³-hybridized carbons (Fsp3) is 0.462. The molecule has 1 aromatic carbocycles. The normalized spacial score (nSPS) is 13.8. The third-order valence-corrected chi connectivity index (χ3v) is 3.14. The third-order valence-electron chi connectivity index (χ3n) is 3.14. The number of hydrogen-bond donors (Lipinski definition) is 2. The average Bonchev–Trinajstić information content (AvgIpc) is 2.43. The molecule has 0 aliphatic heterocycles. The molecule has 4 nitrogen and oxygen atoms in total. The van der Waals surface area contributed by atoms with Crippen LogP contribution in [0, 0.1) is 23.3 Å². The van der Waals surface area contributed by atoms with Crippen molar-refractivity contribution < 1.29 is 32.2 Å². The molecule has 8 heteroatoms. The number of benzene rings is 1. The predicted octanol–water partition coefficient (Wildman–Crippen LogP) is 2.59. The van der Waals surface area contributed by atoms with Gasteiger partial charge in [0.2, 0.25) is 11.6 Å². The maximum absolute atomic E-state index is 13.3. The molecule has 0 saturated carbocycles. The van der Waals surface area contributed by atoms with E-state index in [4.69, 9.17) is 10.8 Å². The first-order valence-corrected chi connectivity index (χ1v) is 6.21. The second-order valence-corrected chi connectivity index (χ2v) is 4.56. The van der Waals surface area contributed by atoms with Gasteiger partial charge in [0.25, 0.3) is 0 Å². The maximum atomic E-state index is 13.3. The number of nitrogens with two attached hydrogens (primary N) is 1. The molecule has 118 valence electrons. The number of hydrogen-bond acceptors (Lipinski definition) is 3. The third kappa shape index (κ3) is 3.84. The van der Waals surface area contributed by atoms with Crippen LogP contribution in [0.25, 0.3) is 0 Å². The van der Waals surface area contributed by atoms with E-state index in [0.29, 0.717) is 0 Å². The summed E-state index contributed by atoms with van der Waals surface area (Å²) in [5.41, 5.74) is 4.13. The van der Waals surface area contributed by atoms with Crippen LogP contribution >= 0.6 is 0 Å². The van der Waals surface area contributed by atoms with Crippen LogP contribution in [0.1, 0.15) is 26.2 Å². The van der Waals surface area contributed by atoms with E-state index >= 15 is 0 Å². The van der Waals surface area contributed by atoms with E-state index in [1.54, 1.807) is 6.92 Å². The molecule has 3 N–H and O–H groups in total. The first-order chi connectivity index (χ1) is 9.73. The number of rotatable bonds is 7. The van der Waals surface area contributed by atoms with Crippen LogP contribution in [0.2, 0.25) is 0 Å². The summed E-state index contributed by atoms with van der Waals surface area (Å²) in [4.78, 5) is 10.9. The first kappa shape index (κ1) is 17.2. The van der Waals surface area contributed by atoms with Crippen molar-refractivity contribution in [3.05, 3.63) is 29.3 Å². The molecule has 0 radical (unpaired) electrons. The minimum absolute atomic E-state index is 0.0140. The standard InChI is InChI=1S/C13H15F4NO3/c1-2-13(18,12(19)20)4-3-5-21-11-9(16)7(14)6-8(15)10(11)17/h6H,2-5,18H2,1H3,(H,19,20). The van der Waals surface area contributed by atoms with Crippen LogP contribution in [0.3, 0.4) is 0 Å². The molecule has 0 saturated heterocycles. The van der Waals surface area contributed by atoms with E-state index in [0.717, 1.165) is 0 Å². The zero-order valence-corrected chi connectivity index (χ0v) is 11.3. The Morgan fingerprint density at radius 3 is 2.24 bits per heavy atom. The number of halogens is 4. The molecule has 0 aliphatic carbocycles. The van der Waals surface area contributed by atoms with Crippen molar-refractivity contribution in [3.8, 4) is 5.75 Å². The van der Waals surface area contributed by atoms with Crippen LogP contribution in [0.5, 0.6) is 5.75 Å². The van der Waals surface area contributed by atoms with Crippen molar-refractivity contribution in [3.63, 3.8) is 0 Å². The quantitative estimate of drug-likeness (QED) is 0.461. The van der Waals surface area contributed by atoms with Gasteiger partial charge in [0.15, 0.2) is 17.4 Å². The number of carbonyl (C=O) groups is 1. The largest absolute Gasteiger partial charge is 0.487 e. The fourth-order valence-electron chi connectivity index (χ4n) is 1.67. The summed E-state index contributed by atoms with van der Waals surface area (Å²) in [5, 5.41) is 8.92. The molecule has 1 unspecified atom stereocenters. The number of ether oxygens (including phenoxy) is 1. The summed E-state index contributed by atoms with van der Waals surface area (Å²) in [5.74, 6) is -8.79. The van der Waals surface area contributed by atoms with Gasteiger partial charge in [0, 0.05) is 6.07 Å². The summed E-state index contributed by atoms with van der Waals surface area (Å²) < 4.78 is 57.1. The monoisotopic (exact) mass is 309 g/mol. The maximum Gasteiger partial charge on any atom is 0.323 e. The number of carboxylic acids is 1. The number of aliphatic carboxylic acids is 1. The SMILES string of the molecule is CCC(N)(CCCOc1c(F)c(F)cc(F)c1F)C(=O)O. The van der Waals surface area contributed by atoms with Crippen LogP contribution < -0.4 is 10.5 Å². The minimum atomic E-state index is -1.64. The van der Waals surface area contributed by atoms with Gasteiger partial charge in [-0.05, 0) is 19.3 Å². The Morgan fingerprint density at radius 2 is 1.81 bits per heavy atom. The highest BCUT2D eigenvalue weighted by Gasteiger charge is 2.31. The van der Waals surface area contributed by atoms with Gasteiger partial charge in [0.05, 0.1) is 6.61 Å². The van der Waals surface area contributed by atoms with Crippen molar-refractivity contribution in [2.24, 2.45) is 5.73 Å². The highest BCUT2D eigenvalue weighted by molar-refractivity contribution is 5.78. The van der Waals surface area contributed by atoms with Crippen molar-refractivity contribution >= 4 is 5.97 Å². The molecule has 0 heterocycles. The van der Waals surface area contributed by atoms with E-state index < -0.39 is 40.5 Å². The molecule has 0 fully saturated rings. The number of carboxylic acid groups (broad SMARTS) is 1. The Kier molecular flexibility index (Phi) is 5.54. The summed E-state index contributed by atoms with van der Waals surface area (Å²) >= 11 is 0. The van der Waals surface area contributed by atoms with Gasteiger partial charge in [-0.25, -0.2) is 8.78 Å². The zero-order chi connectivity index (χ0) is 16.2. The molecule has 0 aromatic heterocycles. The Morgan fingerprint density at radius 1 is 1.29 bits per heavy atom. The van der Waals surface area contributed by atoms with Gasteiger partial charge >= 0.3 is 5.97 Å². The Balaban J connectivity index is 2.68. The second kappa shape index (κ2) is 6.75. The second-order valence-electron chi connectivity index (χ2n) is 4.56. The van der Waals surface area contributed by atoms with Gasteiger partial charge in [0.1, 0.15) is 5.54 Å². The summed E-state index contributed by atoms with van der Waals surface area (Å²) in [6, 6.07) is 0.0734. The fourth-order valence-corrected chi connectivity index (χ4v) is 1.67. The highest BCUT2D eigenvalue weighted by atomic mass is 19.2. The van der Waals surface area contributed by atoms with Crippen molar-refractivity contribution in [2.45, 2.75) is 31.7 Å². The van der Waals surface area contributed by atoms with Crippen molar-refractivity contribution in [2.75, 3.05) is 6.61 Å². The van der Waals surface area contributed by atoms with E-state index in [1.165, 1.54) is 0 Å². The smallest absolute Gasteiger partial charge is 0.323 e. The molecule has 1 aromatic rings. The molecule has 0 bridgehead atoms. The lowest BCUT2D eigenvalue weighted by Gasteiger charge is -2.22. The van der Waals surface area contributed by atoms with Gasteiger partial charge < -0.3 is 15.6 Å². The van der Waals surface area contributed by atoms with Gasteiger partial charge in [-0.1, -0.05) is 6.92 Å². The van der Waals surface area contributed by atoms with Crippen LogP contribution in [-0.4, -0.2) is 23.2 Å². The van der Waals surface area contributed by atoms with Crippen molar-refractivity contribution in [1.82, 2.24) is 0 Å². The predicted molar refractivity (Wildman–Crippen MR) is 65.8 cm³/mol. The zero-order valence-electron chi connectivity index (χ0n) is 11.3. The summed E-state index contributed by atoms with van der Waals surface area (Å²) in [7, 11) is 0. The molecule has 1 rings (SSSR count). The molecule has 0 amide bonds. The minimum Gasteiger partial charge on any atom is -0.487 e. The molecular formula is C13H15F4NO3. The first-order valence-electron chi connectivity index (χ1n) is 6.21. The van der Waals surface area contributed by atoms with Gasteiger partial charge in [-0.15, -0.1) is 0 Å². The van der Waals surface area contributed by atoms with E-state index in [2.05, 4.69) is 4.74 Å². The van der Waals surface area contributed by atoms with Crippen LogP contribution in [0.15, 0.2) is 6.07 Å². The topological polar surface area (TPSA) is 72.5 Å². The lowest BCUT2D eigenvalue weighted by atomic mass is 9.92. The van der Waals surface area contributed by atoms with E-state index in [1.807, 2.05) is 0 Å². The Hall–Kier alpha value is -1.83. The highest BCUT2D eigenvalue weighted by Crippen LogP contribution is 2.26. The van der Waals surface area contributed by atoms with Crippen molar-refractivity contribution in [1.29, 1.82) is 0 Å². The summed E-state index contributed by atoms with van der Waals surface area (Å²) in [6.07, 6.45) is 0.188. The lowest BCUT2D eigenvalue weighted by molar-refractivity contribution is -0.143. The van der Waals surface area contributed by atoms with Gasteiger partial charge in [-0.2, -0.15) is 8.78 Å². The van der Waals surface area contributed by atoms with Gasteiger partial charge in [-0.3, -0.25) is 4.79 Å². The molecule has 0 spiro atoms.